The van der Waals surface area contributed by atoms with Gasteiger partial charge in [-0.1, -0.05) is 62.1 Å². The summed E-state index contributed by atoms with van der Waals surface area (Å²) in [5.74, 6) is 0. The van der Waals surface area contributed by atoms with Crippen LogP contribution in [0.15, 0.2) is 36.4 Å². The molecule has 1 heterocycles. The van der Waals surface area contributed by atoms with Crippen LogP contribution in [0.3, 0.4) is 0 Å². The van der Waals surface area contributed by atoms with Crippen LogP contribution in [0.25, 0.3) is 0 Å². The van der Waals surface area contributed by atoms with E-state index in [1.54, 1.807) is 0 Å². The Morgan fingerprint density at radius 3 is 2.26 bits per heavy atom. The van der Waals surface area contributed by atoms with Crippen molar-refractivity contribution in [1.29, 1.82) is 0 Å². The third-order valence-corrected chi connectivity index (χ3v) is 5.82. The molecule has 2 aliphatic rings. The van der Waals surface area contributed by atoms with Crippen molar-refractivity contribution in [1.82, 2.24) is 10.2 Å². The topological polar surface area (TPSA) is 24.5 Å². The summed E-state index contributed by atoms with van der Waals surface area (Å²) in [5, 5.41) is 3.99. The standard InChI is InChI=1S/C19H28ClN.C4H9NO/c1-3-5-16-21(15-4-2)19(13-7-6-8-14-19)17-9-11-18(20)12-10-17;1-3-6-4-2-5-1/h3,5,9-12H,4,6-8,13-16H2,1-2H3;5H,1-4H2. The van der Waals surface area contributed by atoms with E-state index in [0.717, 1.165) is 44.4 Å². The summed E-state index contributed by atoms with van der Waals surface area (Å²) in [6.07, 6.45) is 12.2. The fourth-order valence-corrected chi connectivity index (χ4v) is 4.31. The van der Waals surface area contributed by atoms with E-state index in [2.05, 4.69) is 48.3 Å². The van der Waals surface area contributed by atoms with E-state index in [9.17, 15) is 0 Å². The van der Waals surface area contributed by atoms with Crippen molar-refractivity contribution in [2.45, 2.75) is 57.9 Å². The third-order valence-electron chi connectivity index (χ3n) is 5.57. The molecule has 152 valence electrons. The number of rotatable bonds is 6. The lowest BCUT2D eigenvalue weighted by atomic mass is 9.75. The van der Waals surface area contributed by atoms with E-state index in [0.29, 0.717) is 0 Å². The largest absolute Gasteiger partial charge is 0.379 e. The average Bonchev–Trinajstić information content (AvgIpc) is 2.74. The zero-order valence-electron chi connectivity index (χ0n) is 17.2. The van der Waals surface area contributed by atoms with Crippen LogP contribution in [0.1, 0.15) is 57.9 Å². The van der Waals surface area contributed by atoms with Crippen LogP contribution in [-0.4, -0.2) is 44.3 Å². The molecule has 0 amide bonds. The number of ether oxygens (including phenoxy) is 1. The van der Waals surface area contributed by atoms with E-state index < -0.39 is 0 Å². The summed E-state index contributed by atoms with van der Waals surface area (Å²) >= 11 is 6.10. The smallest absolute Gasteiger partial charge is 0.0591 e. The van der Waals surface area contributed by atoms with Crippen molar-refractivity contribution in [2.75, 3.05) is 39.4 Å². The maximum Gasteiger partial charge on any atom is 0.0591 e. The van der Waals surface area contributed by atoms with Gasteiger partial charge in [-0.25, -0.2) is 0 Å². The summed E-state index contributed by atoms with van der Waals surface area (Å²) in [4.78, 5) is 2.69. The molecular formula is C23H37ClN2O. The first-order valence-corrected chi connectivity index (χ1v) is 11.0. The van der Waals surface area contributed by atoms with E-state index in [1.807, 2.05) is 12.1 Å². The molecule has 27 heavy (non-hydrogen) atoms. The van der Waals surface area contributed by atoms with Gasteiger partial charge in [0.25, 0.3) is 0 Å². The van der Waals surface area contributed by atoms with Crippen LogP contribution in [0.5, 0.6) is 0 Å². The minimum absolute atomic E-state index is 0.207. The number of morpholine rings is 1. The Labute approximate surface area is 171 Å². The molecule has 1 saturated heterocycles. The highest BCUT2D eigenvalue weighted by atomic mass is 35.5. The number of hydrogen-bond donors (Lipinski definition) is 1. The molecule has 0 unspecified atom stereocenters. The summed E-state index contributed by atoms with van der Waals surface area (Å²) in [6, 6.07) is 8.58. The molecule has 0 atom stereocenters. The molecular weight excluding hydrogens is 356 g/mol. The summed E-state index contributed by atoms with van der Waals surface area (Å²) in [5.41, 5.74) is 1.66. The highest BCUT2D eigenvalue weighted by molar-refractivity contribution is 6.30. The molecule has 1 aliphatic carbocycles. The first kappa shape index (κ1) is 22.4. The van der Waals surface area contributed by atoms with Gasteiger partial charge in [0.15, 0.2) is 0 Å². The Balaban J connectivity index is 0.000000369. The molecule has 0 spiro atoms. The SMILES string of the molecule is C1COCCN1.CC=CCN(CCC)C1(c2ccc(Cl)cc2)CCCCC1. The van der Waals surface area contributed by atoms with Gasteiger partial charge in [0, 0.05) is 30.2 Å². The van der Waals surface area contributed by atoms with Crippen molar-refractivity contribution in [3.05, 3.63) is 47.0 Å². The second-order valence-corrected chi connectivity index (χ2v) is 7.91. The Morgan fingerprint density at radius 2 is 1.78 bits per heavy atom. The Bertz CT molecular complexity index is 522. The molecule has 0 aromatic heterocycles. The van der Waals surface area contributed by atoms with Gasteiger partial charge in [-0.3, -0.25) is 4.90 Å². The number of halogens is 1. The van der Waals surface area contributed by atoms with Gasteiger partial charge in [0.2, 0.25) is 0 Å². The van der Waals surface area contributed by atoms with Crippen molar-refractivity contribution in [3.8, 4) is 0 Å². The maximum absolute atomic E-state index is 6.10. The Hall–Kier alpha value is -0.870. The van der Waals surface area contributed by atoms with Crippen molar-refractivity contribution < 1.29 is 4.74 Å². The van der Waals surface area contributed by atoms with E-state index >= 15 is 0 Å². The Kier molecular flexibility index (Phi) is 10.4. The molecule has 1 aliphatic heterocycles. The van der Waals surface area contributed by atoms with Crippen molar-refractivity contribution >= 4 is 11.6 Å². The number of benzene rings is 1. The van der Waals surface area contributed by atoms with Crippen LogP contribution in [0, 0.1) is 0 Å². The summed E-state index contributed by atoms with van der Waals surface area (Å²) in [6.45, 7) is 10.4. The van der Waals surface area contributed by atoms with Crippen molar-refractivity contribution in [3.63, 3.8) is 0 Å². The monoisotopic (exact) mass is 392 g/mol. The van der Waals surface area contributed by atoms with Gasteiger partial charge >= 0.3 is 0 Å². The fourth-order valence-electron chi connectivity index (χ4n) is 4.18. The highest BCUT2D eigenvalue weighted by Gasteiger charge is 2.38. The Morgan fingerprint density at radius 1 is 1.11 bits per heavy atom. The predicted molar refractivity (Wildman–Crippen MR) is 117 cm³/mol. The highest BCUT2D eigenvalue weighted by Crippen LogP contribution is 2.42. The van der Waals surface area contributed by atoms with Gasteiger partial charge in [-0.05, 0) is 50.4 Å². The quantitative estimate of drug-likeness (QED) is 0.656. The molecule has 1 aromatic carbocycles. The lowest BCUT2D eigenvalue weighted by Gasteiger charge is -2.47. The summed E-state index contributed by atoms with van der Waals surface area (Å²) < 4.78 is 5.01. The molecule has 1 aromatic rings. The zero-order valence-corrected chi connectivity index (χ0v) is 17.9. The molecule has 1 N–H and O–H groups in total. The van der Waals surface area contributed by atoms with Crippen molar-refractivity contribution in [2.24, 2.45) is 0 Å². The van der Waals surface area contributed by atoms with E-state index in [4.69, 9.17) is 16.3 Å². The van der Waals surface area contributed by atoms with E-state index in [-0.39, 0.29) is 5.54 Å². The molecule has 4 heteroatoms. The molecule has 3 nitrogen and oxygen atoms in total. The van der Waals surface area contributed by atoms with Crippen LogP contribution in [-0.2, 0) is 10.3 Å². The van der Waals surface area contributed by atoms with Gasteiger partial charge in [-0.15, -0.1) is 0 Å². The lowest BCUT2D eigenvalue weighted by molar-refractivity contribution is 0.0577. The fraction of sp³-hybridized carbons (Fsp3) is 0.652. The molecule has 0 radical (unpaired) electrons. The maximum atomic E-state index is 6.10. The number of nitrogens with zero attached hydrogens (tertiary/aromatic N) is 1. The minimum Gasteiger partial charge on any atom is -0.379 e. The number of hydrogen-bond acceptors (Lipinski definition) is 3. The van der Waals surface area contributed by atoms with Gasteiger partial charge in [0.1, 0.15) is 0 Å². The molecule has 3 rings (SSSR count). The van der Waals surface area contributed by atoms with Crippen LogP contribution in [0.2, 0.25) is 5.02 Å². The number of nitrogens with one attached hydrogen (secondary N) is 1. The number of allylic oxidation sites excluding steroid dienone is 1. The first-order valence-electron chi connectivity index (χ1n) is 10.6. The summed E-state index contributed by atoms with van der Waals surface area (Å²) in [7, 11) is 0. The van der Waals surface area contributed by atoms with E-state index in [1.165, 1.54) is 44.1 Å². The third kappa shape index (κ3) is 6.90. The zero-order chi connectivity index (χ0) is 19.4. The second-order valence-electron chi connectivity index (χ2n) is 7.48. The van der Waals surface area contributed by atoms with Gasteiger partial charge in [0.05, 0.1) is 13.2 Å². The predicted octanol–water partition coefficient (Wildman–Crippen LogP) is 5.39. The van der Waals surface area contributed by atoms with Crippen LogP contribution >= 0.6 is 11.6 Å². The van der Waals surface area contributed by atoms with Crippen LogP contribution in [0.4, 0.5) is 0 Å². The molecule has 2 fully saturated rings. The van der Waals surface area contributed by atoms with Gasteiger partial charge in [-0.2, -0.15) is 0 Å². The normalized spacial score (nSPS) is 19.7. The van der Waals surface area contributed by atoms with Gasteiger partial charge < -0.3 is 10.1 Å². The molecule has 0 bridgehead atoms. The first-order chi connectivity index (χ1) is 13.2. The average molecular weight is 393 g/mol. The second kappa shape index (κ2) is 12.6. The minimum atomic E-state index is 0.207. The van der Waals surface area contributed by atoms with Crippen LogP contribution < -0.4 is 5.32 Å². The lowest BCUT2D eigenvalue weighted by Crippen LogP contribution is -2.48. The molecule has 1 saturated carbocycles.